The average molecular weight is 723 g/mol. The van der Waals surface area contributed by atoms with Crippen molar-refractivity contribution < 1.29 is 0 Å². The largest absolute Gasteiger partial charge is 0.0616 e. The Morgan fingerprint density at radius 1 is 0.298 bits per heavy atom. The van der Waals surface area contributed by atoms with Gasteiger partial charge in [-0.2, -0.15) is 0 Å². The van der Waals surface area contributed by atoms with E-state index in [1.807, 2.05) is 0 Å². The molecule has 0 atom stereocenters. The zero-order valence-corrected chi connectivity index (χ0v) is 32.0. The molecule has 0 radical (unpaired) electrons. The van der Waals surface area contributed by atoms with E-state index >= 15 is 0 Å². The summed E-state index contributed by atoms with van der Waals surface area (Å²) < 4.78 is 0. The van der Waals surface area contributed by atoms with Gasteiger partial charge < -0.3 is 0 Å². The molecule has 0 heteroatoms. The van der Waals surface area contributed by atoms with Crippen LogP contribution in [0, 0.1) is 0 Å². The van der Waals surface area contributed by atoms with E-state index in [0.29, 0.717) is 0 Å². The maximum Gasteiger partial charge on any atom is 0.0165 e. The van der Waals surface area contributed by atoms with Gasteiger partial charge in [-0.05, 0) is 151 Å². The second-order valence-electron chi connectivity index (χ2n) is 16.5. The van der Waals surface area contributed by atoms with Crippen LogP contribution in [-0.2, 0) is 5.41 Å². The van der Waals surface area contributed by atoms with Crippen molar-refractivity contribution in [2.24, 2.45) is 0 Å². The fraction of sp³-hybridized carbons (Fsp3) is 0.0526. The standard InChI is InChI=1S/C57H38/c1-57(2)53-29-26-36-11-4-6-15-47(36)55(53)51-28-25-43-32-42(24-27-48(43)56(51)57)38-13-9-12-37(30-38)39-19-20-41-33-44(22-21-40(41)31-39)52-34-45-23-18-35-10-3-5-14-46(35)54(45)50-17-8-7-16-49(50)52/h3-34H,1-2H3. The molecule has 0 N–H and O–H groups in total. The van der Waals surface area contributed by atoms with Gasteiger partial charge in [0.05, 0.1) is 0 Å². The van der Waals surface area contributed by atoms with Gasteiger partial charge in [0.25, 0.3) is 0 Å². The summed E-state index contributed by atoms with van der Waals surface area (Å²) >= 11 is 0. The quantitative estimate of drug-likeness (QED) is 0.159. The molecular weight excluding hydrogens is 685 g/mol. The maximum absolute atomic E-state index is 2.39. The Hall–Kier alpha value is -7.02. The van der Waals surface area contributed by atoms with Crippen LogP contribution in [0.2, 0.25) is 0 Å². The highest BCUT2D eigenvalue weighted by molar-refractivity contribution is 6.23. The molecule has 1 aliphatic carbocycles. The van der Waals surface area contributed by atoms with Crippen molar-refractivity contribution >= 4 is 64.6 Å². The number of hydrogen-bond donors (Lipinski definition) is 0. The number of benzene rings is 11. The molecule has 57 heavy (non-hydrogen) atoms. The Bertz CT molecular complexity index is 3490. The average Bonchev–Trinajstić information content (AvgIpc) is 3.51. The second-order valence-corrected chi connectivity index (χ2v) is 16.5. The summed E-state index contributed by atoms with van der Waals surface area (Å²) in [5.74, 6) is 0. The molecule has 0 spiro atoms. The number of fused-ring (bicyclic) bond motifs is 13. The molecule has 0 bridgehead atoms. The molecule has 0 aromatic heterocycles. The highest BCUT2D eigenvalue weighted by atomic mass is 14.4. The number of hydrogen-bond acceptors (Lipinski definition) is 0. The van der Waals surface area contributed by atoms with E-state index < -0.39 is 0 Å². The Kier molecular flexibility index (Phi) is 6.78. The summed E-state index contributed by atoms with van der Waals surface area (Å²) in [6, 6.07) is 72.6. The van der Waals surface area contributed by atoms with Gasteiger partial charge in [-0.15, -0.1) is 0 Å². The molecule has 11 aromatic carbocycles. The minimum atomic E-state index is -0.0783. The van der Waals surface area contributed by atoms with Gasteiger partial charge in [-0.25, -0.2) is 0 Å². The smallest absolute Gasteiger partial charge is 0.0165 e. The van der Waals surface area contributed by atoms with Gasteiger partial charge in [0.15, 0.2) is 0 Å². The molecule has 0 unspecified atom stereocenters. The van der Waals surface area contributed by atoms with Crippen LogP contribution in [0.4, 0.5) is 0 Å². The molecule has 0 aliphatic heterocycles. The first-order chi connectivity index (χ1) is 28.0. The lowest BCUT2D eigenvalue weighted by Gasteiger charge is -2.23. The molecule has 0 amide bonds. The van der Waals surface area contributed by atoms with Crippen LogP contribution in [0.15, 0.2) is 194 Å². The van der Waals surface area contributed by atoms with E-state index in [4.69, 9.17) is 0 Å². The van der Waals surface area contributed by atoms with E-state index in [1.165, 1.54) is 120 Å². The van der Waals surface area contributed by atoms with Crippen LogP contribution in [-0.4, -0.2) is 0 Å². The number of rotatable bonds is 3. The van der Waals surface area contributed by atoms with E-state index in [0.717, 1.165) is 0 Å². The second kappa shape index (κ2) is 12.0. The third-order valence-corrected chi connectivity index (χ3v) is 12.9. The highest BCUT2D eigenvalue weighted by Gasteiger charge is 2.37. The van der Waals surface area contributed by atoms with Gasteiger partial charge >= 0.3 is 0 Å². The summed E-state index contributed by atoms with van der Waals surface area (Å²) in [6.07, 6.45) is 0. The van der Waals surface area contributed by atoms with Crippen molar-refractivity contribution in [3.05, 3.63) is 205 Å². The van der Waals surface area contributed by atoms with Crippen molar-refractivity contribution in [1.82, 2.24) is 0 Å². The molecule has 0 fully saturated rings. The van der Waals surface area contributed by atoms with Crippen molar-refractivity contribution in [3.63, 3.8) is 0 Å². The van der Waals surface area contributed by atoms with Crippen LogP contribution < -0.4 is 0 Å². The third kappa shape index (κ3) is 4.81. The minimum Gasteiger partial charge on any atom is -0.0616 e. The lowest BCUT2D eigenvalue weighted by Crippen LogP contribution is -2.15. The van der Waals surface area contributed by atoms with Crippen molar-refractivity contribution in [2.75, 3.05) is 0 Å². The lowest BCUT2D eigenvalue weighted by molar-refractivity contribution is 0.667. The first-order valence-electron chi connectivity index (χ1n) is 20.1. The van der Waals surface area contributed by atoms with Gasteiger partial charge in [0.1, 0.15) is 0 Å². The summed E-state index contributed by atoms with van der Waals surface area (Å²) in [4.78, 5) is 0. The fourth-order valence-electron chi connectivity index (χ4n) is 10.2. The maximum atomic E-state index is 2.39. The van der Waals surface area contributed by atoms with Crippen molar-refractivity contribution in [2.45, 2.75) is 19.3 Å². The molecule has 0 heterocycles. The Morgan fingerprint density at radius 2 is 0.842 bits per heavy atom. The third-order valence-electron chi connectivity index (χ3n) is 12.9. The summed E-state index contributed by atoms with van der Waals surface area (Å²) in [5.41, 5.74) is 13.0. The van der Waals surface area contributed by atoms with E-state index in [-0.39, 0.29) is 5.41 Å². The molecule has 11 aromatic rings. The molecular formula is C57H38. The zero-order valence-electron chi connectivity index (χ0n) is 32.0. The lowest BCUT2D eigenvalue weighted by atomic mass is 9.80. The molecule has 1 aliphatic rings. The molecule has 0 nitrogen and oxygen atoms in total. The molecule has 266 valence electrons. The fourth-order valence-corrected chi connectivity index (χ4v) is 10.2. The first kappa shape index (κ1) is 32.2. The van der Waals surface area contributed by atoms with Crippen LogP contribution in [0.25, 0.3) is 109 Å². The predicted octanol–water partition coefficient (Wildman–Crippen LogP) is 15.9. The zero-order chi connectivity index (χ0) is 37.8. The van der Waals surface area contributed by atoms with Gasteiger partial charge in [0, 0.05) is 5.41 Å². The van der Waals surface area contributed by atoms with E-state index in [2.05, 4.69) is 208 Å². The van der Waals surface area contributed by atoms with Crippen LogP contribution in [0.1, 0.15) is 25.0 Å². The van der Waals surface area contributed by atoms with Gasteiger partial charge in [-0.1, -0.05) is 178 Å². The first-order valence-corrected chi connectivity index (χ1v) is 20.1. The monoisotopic (exact) mass is 722 g/mol. The summed E-state index contributed by atoms with van der Waals surface area (Å²) in [6.45, 7) is 4.78. The predicted molar refractivity (Wildman–Crippen MR) is 245 cm³/mol. The minimum absolute atomic E-state index is 0.0783. The Labute approximate surface area is 332 Å². The SMILES string of the molecule is CC1(C)c2ccc3ccccc3c2-c2ccc3cc(-c4cccc(-c5ccc6cc(-c7cc8ccc9ccccc9c8c8ccccc78)ccc6c5)c4)ccc3c21. The van der Waals surface area contributed by atoms with E-state index in [1.54, 1.807) is 0 Å². The van der Waals surface area contributed by atoms with Gasteiger partial charge in [-0.3, -0.25) is 0 Å². The van der Waals surface area contributed by atoms with Crippen molar-refractivity contribution in [1.29, 1.82) is 0 Å². The Balaban J connectivity index is 0.904. The molecule has 0 saturated carbocycles. The molecule has 0 saturated heterocycles. The topological polar surface area (TPSA) is 0 Å². The highest BCUT2D eigenvalue weighted by Crippen LogP contribution is 2.53. The Morgan fingerprint density at radius 3 is 1.63 bits per heavy atom. The van der Waals surface area contributed by atoms with Crippen LogP contribution >= 0.6 is 0 Å². The van der Waals surface area contributed by atoms with Gasteiger partial charge in [0.2, 0.25) is 0 Å². The normalized spacial score (nSPS) is 13.2. The van der Waals surface area contributed by atoms with E-state index in [9.17, 15) is 0 Å². The van der Waals surface area contributed by atoms with Crippen molar-refractivity contribution in [3.8, 4) is 44.5 Å². The van der Waals surface area contributed by atoms with Crippen LogP contribution in [0.5, 0.6) is 0 Å². The molecule has 12 rings (SSSR count). The van der Waals surface area contributed by atoms with Crippen LogP contribution in [0.3, 0.4) is 0 Å². The summed E-state index contributed by atoms with van der Waals surface area (Å²) in [7, 11) is 0. The summed E-state index contributed by atoms with van der Waals surface area (Å²) in [5, 5.41) is 15.5.